The Balaban J connectivity index is 2.49. The summed E-state index contributed by atoms with van der Waals surface area (Å²) in [6.07, 6.45) is 0.300. The molecule has 1 amide bonds. The standard InChI is InChI=1S/C11H11ClFNO3/c12-8-4-7(5-9(13)6-8)11(17)14-3-1-2-10(15)16/h4-6H,1-3H2,(H,14,17)(H,15,16). The first-order valence-corrected chi connectivity index (χ1v) is 5.33. The highest BCUT2D eigenvalue weighted by Gasteiger charge is 2.08. The van der Waals surface area contributed by atoms with E-state index < -0.39 is 17.7 Å². The van der Waals surface area contributed by atoms with Crippen molar-refractivity contribution in [2.24, 2.45) is 0 Å². The van der Waals surface area contributed by atoms with Gasteiger partial charge >= 0.3 is 5.97 Å². The van der Waals surface area contributed by atoms with Gasteiger partial charge in [-0.3, -0.25) is 9.59 Å². The molecule has 0 unspecified atom stereocenters. The molecule has 0 aromatic heterocycles. The van der Waals surface area contributed by atoms with Crippen molar-refractivity contribution in [3.63, 3.8) is 0 Å². The number of carbonyl (C=O) groups is 2. The first-order chi connectivity index (χ1) is 7.99. The Morgan fingerprint density at radius 2 is 2.06 bits per heavy atom. The lowest BCUT2D eigenvalue weighted by Crippen LogP contribution is -2.25. The number of benzene rings is 1. The minimum Gasteiger partial charge on any atom is -0.481 e. The Labute approximate surface area is 102 Å². The molecule has 1 aromatic carbocycles. The first kappa shape index (κ1) is 13.4. The van der Waals surface area contributed by atoms with Crippen LogP contribution < -0.4 is 5.32 Å². The molecule has 2 N–H and O–H groups in total. The zero-order valence-electron chi connectivity index (χ0n) is 8.87. The first-order valence-electron chi connectivity index (χ1n) is 4.95. The Kier molecular flexibility index (Phi) is 4.90. The van der Waals surface area contributed by atoms with Gasteiger partial charge in [0.25, 0.3) is 5.91 Å². The van der Waals surface area contributed by atoms with E-state index in [9.17, 15) is 14.0 Å². The molecule has 0 fully saturated rings. The number of rotatable bonds is 5. The van der Waals surface area contributed by atoms with Crippen molar-refractivity contribution in [1.29, 1.82) is 0 Å². The van der Waals surface area contributed by atoms with Gasteiger partial charge in [-0.25, -0.2) is 4.39 Å². The van der Waals surface area contributed by atoms with Gasteiger partial charge in [-0.2, -0.15) is 0 Å². The van der Waals surface area contributed by atoms with Crippen LogP contribution in [0.3, 0.4) is 0 Å². The van der Waals surface area contributed by atoms with E-state index in [-0.39, 0.29) is 23.6 Å². The van der Waals surface area contributed by atoms with Crippen LogP contribution in [-0.2, 0) is 4.79 Å². The number of aliphatic carboxylic acids is 1. The summed E-state index contributed by atoms with van der Waals surface area (Å²) in [5, 5.41) is 11.0. The summed E-state index contributed by atoms with van der Waals surface area (Å²) >= 11 is 5.60. The van der Waals surface area contributed by atoms with Crippen LogP contribution in [0.1, 0.15) is 23.2 Å². The fraction of sp³-hybridized carbons (Fsp3) is 0.273. The van der Waals surface area contributed by atoms with Gasteiger partial charge < -0.3 is 10.4 Å². The average Bonchev–Trinajstić information content (AvgIpc) is 2.22. The van der Waals surface area contributed by atoms with Crippen LogP contribution in [0.5, 0.6) is 0 Å². The smallest absolute Gasteiger partial charge is 0.303 e. The maximum absolute atomic E-state index is 12.9. The van der Waals surface area contributed by atoms with E-state index in [1.165, 1.54) is 6.07 Å². The highest BCUT2D eigenvalue weighted by Crippen LogP contribution is 2.13. The quantitative estimate of drug-likeness (QED) is 0.796. The summed E-state index contributed by atoms with van der Waals surface area (Å²) in [6.45, 7) is 0.221. The number of carboxylic acid groups (broad SMARTS) is 1. The highest BCUT2D eigenvalue weighted by molar-refractivity contribution is 6.31. The Morgan fingerprint density at radius 3 is 2.65 bits per heavy atom. The summed E-state index contributed by atoms with van der Waals surface area (Å²) in [7, 11) is 0. The molecular weight excluding hydrogens is 249 g/mol. The second-order valence-electron chi connectivity index (χ2n) is 3.41. The van der Waals surface area contributed by atoms with Crippen molar-refractivity contribution < 1.29 is 19.1 Å². The Morgan fingerprint density at radius 1 is 1.35 bits per heavy atom. The molecule has 17 heavy (non-hydrogen) atoms. The van der Waals surface area contributed by atoms with E-state index in [1.807, 2.05) is 0 Å². The Hall–Kier alpha value is -1.62. The maximum atomic E-state index is 12.9. The van der Waals surface area contributed by atoms with Gasteiger partial charge in [-0.1, -0.05) is 11.6 Å². The number of hydrogen-bond acceptors (Lipinski definition) is 2. The third kappa shape index (κ3) is 4.82. The van der Waals surface area contributed by atoms with Crippen molar-refractivity contribution >= 4 is 23.5 Å². The molecule has 0 aliphatic rings. The van der Waals surface area contributed by atoms with Gasteiger partial charge in [0, 0.05) is 23.6 Å². The predicted molar refractivity (Wildman–Crippen MR) is 60.6 cm³/mol. The van der Waals surface area contributed by atoms with Gasteiger partial charge in [0.2, 0.25) is 0 Å². The molecule has 0 saturated carbocycles. The van der Waals surface area contributed by atoms with Gasteiger partial charge in [-0.05, 0) is 24.6 Å². The average molecular weight is 260 g/mol. The summed E-state index contributed by atoms with van der Waals surface area (Å²) in [6, 6.07) is 3.51. The molecule has 1 rings (SSSR count). The molecule has 0 heterocycles. The van der Waals surface area contributed by atoms with Gasteiger partial charge in [0.1, 0.15) is 5.82 Å². The van der Waals surface area contributed by atoms with E-state index >= 15 is 0 Å². The van der Waals surface area contributed by atoms with Crippen molar-refractivity contribution in [3.05, 3.63) is 34.6 Å². The van der Waals surface area contributed by atoms with E-state index in [2.05, 4.69) is 5.32 Å². The van der Waals surface area contributed by atoms with E-state index in [4.69, 9.17) is 16.7 Å². The fourth-order valence-electron chi connectivity index (χ4n) is 1.23. The van der Waals surface area contributed by atoms with Crippen LogP contribution in [-0.4, -0.2) is 23.5 Å². The fourth-order valence-corrected chi connectivity index (χ4v) is 1.45. The van der Waals surface area contributed by atoms with Crippen LogP contribution in [0, 0.1) is 5.82 Å². The van der Waals surface area contributed by atoms with Gasteiger partial charge in [0.05, 0.1) is 0 Å². The van der Waals surface area contributed by atoms with Crippen molar-refractivity contribution in [2.45, 2.75) is 12.8 Å². The second kappa shape index (κ2) is 6.20. The van der Waals surface area contributed by atoms with E-state index in [0.717, 1.165) is 12.1 Å². The second-order valence-corrected chi connectivity index (χ2v) is 3.85. The maximum Gasteiger partial charge on any atom is 0.303 e. The molecule has 0 aliphatic carbocycles. The molecule has 0 bridgehead atoms. The van der Waals surface area contributed by atoms with Crippen LogP contribution in [0.25, 0.3) is 0 Å². The summed E-state index contributed by atoms with van der Waals surface area (Å²) in [5.41, 5.74) is 0.116. The van der Waals surface area contributed by atoms with Crippen LogP contribution in [0.15, 0.2) is 18.2 Å². The largest absolute Gasteiger partial charge is 0.481 e. The van der Waals surface area contributed by atoms with Crippen molar-refractivity contribution in [2.75, 3.05) is 6.54 Å². The molecule has 0 atom stereocenters. The monoisotopic (exact) mass is 259 g/mol. The molecule has 6 heteroatoms. The van der Waals surface area contributed by atoms with Crippen molar-refractivity contribution in [3.8, 4) is 0 Å². The number of amides is 1. The van der Waals surface area contributed by atoms with Gasteiger partial charge in [-0.15, -0.1) is 0 Å². The normalized spacial score (nSPS) is 10.0. The molecule has 92 valence electrons. The summed E-state index contributed by atoms with van der Waals surface area (Å²) in [5.74, 6) is -1.99. The lowest BCUT2D eigenvalue weighted by molar-refractivity contribution is -0.137. The molecule has 0 saturated heterocycles. The van der Waals surface area contributed by atoms with Crippen LogP contribution in [0.4, 0.5) is 4.39 Å². The van der Waals surface area contributed by atoms with Crippen molar-refractivity contribution in [1.82, 2.24) is 5.32 Å². The molecule has 0 spiro atoms. The summed E-state index contributed by atoms with van der Waals surface area (Å²) in [4.78, 5) is 21.7. The van der Waals surface area contributed by atoms with Crippen LogP contribution in [0.2, 0.25) is 5.02 Å². The zero-order valence-corrected chi connectivity index (χ0v) is 9.63. The number of halogens is 2. The molecule has 1 aromatic rings. The minimum absolute atomic E-state index is 0.0236. The number of nitrogens with one attached hydrogen (secondary N) is 1. The van der Waals surface area contributed by atoms with Gasteiger partial charge in [0.15, 0.2) is 0 Å². The predicted octanol–water partition coefficient (Wildman–Crippen LogP) is 2.07. The van der Waals surface area contributed by atoms with Crippen LogP contribution >= 0.6 is 11.6 Å². The lowest BCUT2D eigenvalue weighted by atomic mass is 10.2. The lowest BCUT2D eigenvalue weighted by Gasteiger charge is -2.04. The highest BCUT2D eigenvalue weighted by atomic mass is 35.5. The third-order valence-corrected chi connectivity index (χ3v) is 2.20. The topological polar surface area (TPSA) is 66.4 Å². The SMILES string of the molecule is O=C(O)CCCNC(=O)c1cc(F)cc(Cl)c1. The number of carboxylic acids is 1. The molecule has 0 radical (unpaired) electrons. The third-order valence-electron chi connectivity index (χ3n) is 1.98. The minimum atomic E-state index is -0.923. The van der Waals surface area contributed by atoms with E-state index in [1.54, 1.807) is 0 Å². The zero-order chi connectivity index (χ0) is 12.8. The molecule has 4 nitrogen and oxygen atoms in total. The number of carbonyl (C=O) groups excluding carboxylic acids is 1. The number of hydrogen-bond donors (Lipinski definition) is 2. The molecule has 0 aliphatic heterocycles. The van der Waals surface area contributed by atoms with E-state index in [0.29, 0.717) is 6.42 Å². The Bertz CT molecular complexity index is 416. The summed E-state index contributed by atoms with van der Waals surface area (Å²) < 4.78 is 12.9. The molecular formula is C11H11ClFNO3.